The van der Waals surface area contributed by atoms with Crippen LogP contribution in [0, 0.1) is 0 Å². The molecular weight excluding hydrogens is 438 g/mol. The van der Waals surface area contributed by atoms with E-state index in [-0.39, 0.29) is 23.1 Å². The van der Waals surface area contributed by atoms with Crippen molar-refractivity contribution in [2.45, 2.75) is 11.4 Å². The number of nitrogens with one attached hydrogen (secondary N) is 1. The van der Waals surface area contributed by atoms with Crippen LogP contribution in [-0.4, -0.2) is 32.8 Å². The van der Waals surface area contributed by atoms with Gasteiger partial charge in [0.2, 0.25) is 21.7 Å². The van der Waals surface area contributed by atoms with Gasteiger partial charge in [0.05, 0.1) is 20.8 Å². The highest BCUT2D eigenvalue weighted by molar-refractivity contribution is 9.10. The predicted molar refractivity (Wildman–Crippen MR) is 101 cm³/mol. The molecule has 0 amide bonds. The molecule has 1 heterocycles. The number of methoxy groups -OCH3 is 2. The van der Waals surface area contributed by atoms with E-state index in [1.54, 1.807) is 43.5 Å². The van der Waals surface area contributed by atoms with Gasteiger partial charge in [0.15, 0.2) is 0 Å². The summed E-state index contributed by atoms with van der Waals surface area (Å²) >= 11 is 3.26. The molecule has 10 heteroatoms. The fraction of sp³-hybridized carbons (Fsp3) is 0.176. The van der Waals surface area contributed by atoms with Crippen LogP contribution in [0.1, 0.15) is 5.89 Å². The number of hydrogen-bond donors (Lipinski definition) is 1. The van der Waals surface area contributed by atoms with Gasteiger partial charge in [0, 0.05) is 10.0 Å². The SMILES string of the molecule is COc1cccc(-c2noc(CNS(=O)(=O)c3cc(Br)ccc3OC)n2)c1. The Labute approximate surface area is 164 Å². The van der Waals surface area contributed by atoms with E-state index in [0.717, 1.165) is 0 Å². The van der Waals surface area contributed by atoms with Crippen molar-refractivity contribution in [2.75, 3.05) is 14.2 Å². The summed E-state index contributed by atoms with van der Waals surface area (Å²) in [5, 5.41) is 3.87. The summed E-state index contributed by atoms with van der Waals surface area (Å²) in [7, 11) is -0.878. The van der Waals surface area contributed by atoms with E-state index in [2.05, 4.69) is 30.8 Å². The zero-order valence-corrected chi connectivity index (χ0v) is 16.9. The molecule has 0 aliphatic heterocycles. The highest BCUT2D eigenvalue weighted by atomic mass is 79.9. The number of ether oxygens (including phenoxy) is 2. The Morgan fingerprint density at radius 3 is 2.70 bits per heavy atom. The molecule has 142 valence electrons. The van der Waals surface area contributed by atoms with Crippen LogP contribution in [0.25, 0.3) is 11.4 Å². The Morgan fingerprint density at radius 2 is 1.96 bits per heavy atom. The lowest BCUT2D eigenvalue weighted by Gasteiger charge is -2.10. The number of rotatable bonds is 7. The van der Waals surface area contributed by atoms with Crippen LogP contribution in [0.15, 0.2) is 56.4 Å². The molecule has 0 fully saturated rings. The normalized spacial score (nSPS) is 11.4. The van der Waals surface area contributed by atoms with Crippen LogP contribution in [0.3, 0.4) is 0 Å². The highest BCUT2D eigenvalue weighted by Crippen LogP contribution is 2.27. The third-order valence-electron chi connectivity index (χ3n) is 3.62. The van der Waals surface area contributed by atoms with Crippen LogP contribution in [0.2, 0.25) is 0 Å². The van der Waals surface area contributed by atoms with E-state index in [1.807, 2.05) is 0 Å². The van der Waals surface area contributed by atoms with Crippen molar-refractivity contribution in [1.82, 2.24) is 14.9 Å². The number of sulfonamides is 1. The monoisotopic (exact) mass is 453 g/mol. The molecule has 8 nitrogen and oxygen atoms in total. The topological polar surface area (TPSA) is 104 Å². The van der Waals surface area contributed by atoms with Gasteiger partial charge in [0.25, 0.3) is 0 Å². The average Bonchev–Trinajstić information content (AvgIpc) is 3.16. The summed E-state index contributed by atoms with van der Waals surface area (Å²) in [6, 6.07) is 11.9. The second kappa shape index (κ2) is 8.07. The summed E-state index contributed by atoms with van der Waals surface area (Å²) in [4.78, 5) is 4.22. The van der Waals surface area contributed by atoms with Gasteiger partial charge < -0.3 is 14.0 Å². The first kappa shape index (κ1) is 19.3. The summed E-state index contributed by atoms with van der Waals surface area (Å²) in [5.41, 5.74) is 0.695. The Kier molecular flexibility index (Phi) is 5.78. The smallest absolute Gasteiger partial charge is 0.244 e. The van der Waals surface area contributed by atoms with Crippen molar-refractivity contribution in [3.8, 4) is 22.9 Å². The molecular formula is C17H16BrN3O5S. The first-order valence-corrected chi connectivity index (χ1v) is 10.0. The fourth-order valence-corrected chi connectivity index (χ4v) is 3.98. The van der Waals surface area contributed by atoms with Gasteiger partial charge in [-0.25, -0.2) is 13.1 Å². The van der Waals surface area contributed by atoms with Gasteiger partial charge >= 0.3 is 0 Å². The number of aromatic nitrogens is 2. The van der Waals surface area contributed by atoms with Gasteiger partial charge in [-0.3, -0.25) is 0 Å². The summed E-state index contributed by atoms with van der Waals surface area (Å²) < 4.78 is 43.6. The molecule has 0 unspecified atom stereocenters. The summed E-state index contributed by atoms with van der Waals surface area (Å²) in [5.74, 6) is 1.35. The maximum Gasteiger partial charge on any atom is 0.244 e. The Hall–Kier alpha value is -2.43. The second-order valence-electron chi connectivity index (χ2n) is 5.36. The molecule has 0 saturated carbocycles. The molecule has 1 N–H and O–H groups in total. The van der Waals surface area contributed by atoms with Crippen molar-refractivity contribution in [2.24, 2.45) is 0 Å². The largest absolute Gasteiger partial charge is 0.497 e. The molecule has 0 aliphatic carbocycles. The average molecular weight is 454 g/mol. The molecule has 27 heavy (non-hydrogen) atoms. The summed E-state index contributed by atoms with van der Waals surface area (Å²) in [6.07, 6.45) is 0. The minimum Gasteiger partial charge on any atom is -0.497 e. The number of nitrogens with zero attached hydrogens (tertiary/aromatic N) is 2. The van der Waals surface area contributed by atoms with Crippen LogP contribution in [0.4, 0.5) is 0 Å². The van der Waals surface area contributed by atoms with Crippen molar-refractivity contribution in [1.29, 1.82) is 0 Å². The lowest BCUT2D eigenvalue weighted by atomic mass is 10.2. The van der Waals surface area contributed by atoms with E-state index in [9.17, 15) is 8.42 Å². The number of hydrogen-bond acceptors (Lipinski definition) is 7. The molecule has 3 aromatic rings. The van der Waals surface area contributed by atoms with Gasteiger partial charge in [-0.15, -0.1) is 0 Å². The maximum atomic E-state index is 12.6. The van der Waals surface area contributed by atoms with Crippen LogP contribution < -0.4 is 14.2 Å². The Balaban J connectivity index is 1.77. The van der Waals surface area contributed by atoms with Crippen molar-refractivity contribution in [3.05, 3.63) is 52.8 Å². The van der Waals surface area contributed by atoms with E-state index in [0.29, 0.717) is 21.6 Å². The van der Waals surface area contributed by atoms with Crippen molar-refractivity contribution in [3.63, 3.8) is 0 Å². The van der Waals surface area contributed by atoms with Gasteiger partial charge in [-0.2, -0.15) is 4.98 Å². The highest BCUT2D eigenvalue weighted by Gasteiger charge is 2.21. The quantitative estimate of drug-likeness (QED) is 0.586. The zero-order valence-electron chi connectivity index (χ0n) is 14.5. The molecule has 0 radical (unpaired) electrons. The minimum atomic E-state index is -3.84. The van der Waals surface area contributed by atoms with Gasteiger partial charge in [-0.05, 0) is 30.3 Å². The lowest BCUT2D eigenvalue weighted by Crippen LogP contribution is -2.24. The first-order valence-electron chi connectivity index (χ1n) is 7.73. The standard InChI is InChI=1S/C17H16BrN3O5S/c1-24-13-5-3-4-11(8-13)17-20-16(26-21-17)10-19-27(22,23)15-9-12(18)6-7-14(15)25-2/h3-9,19H,10H2,1-2H3. The fourth-order valence-electron chi connectivity index (χ4n) is 2.30. The molecule has 0 aliphatic rings. The number of halogens is 1. The molecule has 3 rings (SSSR count). The van der Waals surface area contributed by atoms with Gasteiger partial charge in [0.1, 0.15) is 16.4 Å². The number of benzene rings is 2. The van der Waals surface area contributed by atoms with E-state index >= 15 is 0 Å². The Morgan fingerprint density at radius 1 is 1.15 bits per heavy atom. The van der Waals surface area contributed by atoms with Crippen LogP contribution >= 0.6 is 15.9 Å². The molecule has 2 aromatic carbocycles. The Bertz CT molecular complexity index is 1050. The van der Waals surface area contributed by atoms with Crippen molar-refractivity contribution < 1.29 is 22.4 Å². The second-order valence-corrected chi connectivity index (χ2v) is 8.01. The molecule has 1 aromatic heterocycles. The van der Waals surface area contributed by atoms with Crippen LogP contribution in [-0.2, 0) is 16.6 Å². The molecule has 0 spiro atoms. The van der Waals surface area contributed by atoms with E-state index < -0.39 is 10.0 Å². The van der Waals surface area contributed by atoms with E-state index in [1.165, 1.54) is 13.2 Å². The minimum absolute atomic E-state index is 0.00640. The van der Waals surface area contributed by atoms with E-state index in [4.69, 9.17) is 14.0 Å². The predicted octanol–water partition coefficient (Wildman–Crippen LogP) is 2.99. The molecule has 0 atom stereocenters. The van der Waals surface area contributed by atoms with Gasteiger partial charge in [-0.1, -0.05) is 33.2 Å². The third kappa shape index (κ3) is 4.46. The van der Waals surface area contributed by atoms with Crippen LogP contribution in [0.5, 0.6) is 11.5 Å². The zero-order chi connectivity index (χ0) is 19.4. The lowest BCUT2D eigenvalue weighted by molar-refractivity contribution is 0.375. The summed E-state index contributed by atoms with van der Waals surface area (Å²) in [6.45, 7) is -0.158. The van der Waals surface area contributed by atoms with Crippen molar-refractivity contribution >= 4 is 26.0 Å². The molecule has 0 saturated heterocycles. The molecule has 0 bridgehead atoms. The maximum absolute atomic E-state index is 12.6. The first-order chi connectivity index (χ1) is 12.9. The third-order valence-corrected chi connectivity index (χ3v) is 5.54.